The molecule has 3 rings (SSSR count). The summed E-state index contributed by atoms with van der Waals surface area (Å²) in [6.45, 7) is -0.561. The molecule has 154 valence electrons. The van der Waals surface area contributed by atoms with Gasteiger partial charge in [0, 0.05) is 16.6 Å². The van der Waals surface area contributed by atoms with Crippen LogP contribution in [0, 0.1) is 0 Å². The zero-order chi connectivity index (χ0) is 21.2. The quantitative estimate of drug-likeness (QED) is 0.481. The molecule has 0 spiro atoms. The number of hydrogen-bond donors (Lipinski definition) is 1. The number of Topliss-reactive ketones (excluding diaryl/α,β-unsaturated/α-hetero) is 1. The molecule has 0 heterocycles. The van der Waals surface area contributed by atoms with E-state index >= 15 is 0 Å². The molecular weight excluding hydrogens is 441 g/mol. The zero-order valence-corrected chi connectivity index (χ0v) is 17.6. The highest BCUT2D eigenvalue weighted by Crippen LogP contribution is 2.28. The molecule has 2 aromatic carbocycles. The van der Waals surface area contributed by atoms with Gasteiger partial charge >= 0.3 is 5.97 Å². The Morgan fingerprint density at radius 3 is 2.48 bits per heavy atom. The number of ketones is 1. The number of rotatable bonds is 8. The van der Waals surface area contributed by atoms with Crippen LogP contribution in [0.2, 0.25) is 10.0 Å². The van der Waals surface area contributed by atoms with E-state index in [0.717, 1.165) is 18.9 Å². The molecule has 1 saturated carbocycles. The van der Waals surface area contributed by atoms with Gasteiger partial charge in [-0.05, 0) is 49.2 Å². The summed E-state index contributed by atoms with van der Waals surface area (Å²) in [5, 5.41) is 0.512. The van der Waals surface area contributed by atoms with E-state index in [1.54, 1.807) is 0 Å². The second kappa shape index (κ2) is 8.71. The smallest absolute Gasteiger partial charge is 0.338 e. The zero-order valence-electron chi connectivity index (χ0n) is 15.3. The molecule has 0 bridgehead atoms. The number of carbonyl (C=O) groups is 2. The normalized spacial score (nSPS) is 13.8. The first-order valence-corrected chi connectivity index (χ1v) is 10.8. The van der Waals surface area contributed by atoms with Crippen molar-refractivity contribution in [1.29, 1.82) is 0 Å². The van der Waals surface area contributed by atoms with Crippen LogP contribution in [0.15, 0.2) is 41.3 Å². The third kappa shape index (κ3) is 5.27. The number of esters is 1. The maximum atomic E-state index is 12.5. The first kappa shape index (κ1) is 21.6. The van der Waals surface area contributed by atoms with Crippen molar-refractivity contribution in [1.82, 2.24) is 4.72 Å². The van der Waals surface area contributed by atoms with Crippen LogP contribution in [0.3, 0.4) is 0 Å². The summed E-state index contributed by atoms with van der Waals surface area (Å²) < 4.78 is 37.7. The van der Waals surface area contributed by atoms with Crippen molar-refractivity contribution in [3.8, 4) is 5.75 Å². The van der Waals surface area contributed by atoms with Gasteiger partial charge in [-0.1, -0.05) is 23.2 Å². The van der Waals surface area contributed by atoms with Gasteiger partial charge in [0.1, 0.15) is 10.6 Å². The van der Waals surface area contributed by atoms with Crippen LogP contribution in [0.1, 0.15) is 33.6 Å². The summed E-state index contributed by atoms with van der Waals surface area (Å²) in [6, 6.07) is 8.10. The Balaban J connectivity index is 1.75. The second-order valence-electron chi connectivity index (χ2n) is 6.38. The number of benzene rings is 2. The van der Waals surface area contributed by atoms with E-state index in [4.69, 9.17) is 32.7 Å². The number of sulfonamides is 1. The largest absolute Gasteiger partial charge is 0.495 e. The second-order valence-corrected chi connectivity index (χ2v) is 8.91. The summed E-state index contributed by atoms with van der Waals surface area (Å²) in [4.78, 5) is 24.4. The predicted molar refractivity (Wildman–Crippen MR) is 107 cm³/mol. The first-order valence-electron chi connectivity index (χ1n) is 8.57. The number of hydrogen-bond acceptors (Lipinski definition) is 6. The van der Waals surface area contributed by atoms with Gasteiger partial charge in [-0.15, -0.1) is 0 Å². The van der Waals surface area contributed by atoms with Crippen LogP contribution in [0.25, 0.3) is 0 Å². The van der Waals surface area contributed by atoms with Crippen LogP contribution in [0.5, 0.6) is 5.75 Å². The molecule has 1 N–H and O–H groups in total. The van der Waals surface area contributed by atoms with Gasteiger partial charge in [-0.2, -0.15) is 0 Å². The summed E-state index contributed by atoms with van der Waals surface area (Å²) in [5.41, 5.74) is 0.132. The Labute approximate surface area is 178 Å². The van der Waals surface area contributed by atoms with Crippen molar-refractivity contribution in [3.05, 3.63) is 57.6 Å². The van der Waals surface area contributed by atoms with Crippen LogP contribution < -0.4 is 9.46 Å². The van der Waals surface area contributed by atoms with Gasteiger partial charge in [0.2, 0.25) is 15.8 Å². The molecular formula is C19H17Cl2NO6S. The first-order chi connectivity index (χ1) is 13.7. The minimum atomic E-state index is -3.86. The molecule has 1 aliphatic rings. The van der Waals surface area contributed by atoms with Crippen LogP contribution >= 0.6 is 23.2 Å². The van der Waals surface area contributed by atoms with E-state index in [9.17, 15) is 18.0 Å². The number of ether oxygens (including phenoxy) is 2. The third-order valence-corrected chi connectivity index (χ3v) is 6.24. The maximum Gasteiger partial charge on any atom is 0.338 e. The topological polar surface area (TPSA) is 98.8 Å². The van der Waals surface area contributed by atoms with Crippen molar-refractivity contribution >= 4 is 45.0 Å². The number of carbonyl (C=O) groups excluding carboxylic acids is 2. The lowest BCUT2D eigenvalue weighted by atomic mass is 10.1. The minimum absolute atomic E-state index is 0.0306. The Bertz CT molecular complexity index is 1070. The van der Waals surface area contributed by atoms with Crippen molar-refractivity contribution in [2.24, 2.45) is 0 Å². The minimum Gasteiger partial charge on any atom is -0.495 e. The Hall–Kier alpha value is -2.13. The average Bonchev–Trinajstić information content (AvgIpc) is 3.48. The molecule has 0 radical (unpaired) electrons. The lowest BCUT2D eigenvalue weighted by Gasteiger charge is -2.12. The monoisotopic (exact) mass is 457 g/mol. The highest BCUT2D eigenvalue weighted by Gasteiger charge is 2.30. The van der Waals surface area contributed by atoms with Gasteiger partial charge < -0.3 is 9.47 Å². The van der Waals surface area contributed by atoms with Crippen LogP contribution in [-0.2, 0) is 14.8 Å². The van der Waals surface area contributed by atoms with E-state index in [2.05, 4.69) is 4.72 Å². The molecule has 0 aliphatic heterocycles. The van der Waals surface area contributed by atoms with Gasteiger partial charge in [-0.3, -0.25) is 4.79 Å². The molecule has 0 aromatic heterocycles. The van der Waals surface area contributed by atoms with E-state index < -0.39 is 28.4 Å². The molecule has 0 amide bonds. The standard InChI is InChI=1S/C19H17Cl2NO6S/c1-27-17-7-2-11(8-18(17)29(25,26)22-13-4-5-13)19(24)28-10-16(23)14-6-3-12(20)9-15(14)21/h2-3,6-9,13,22H,4-5,10H2,1H3. The third-order valence-electron chi connectivity index (χ3n) is 4.15. The number of halogens is 2. The van der Waals surface area contributed by atoms with E-state index in [1.807, 2.05) is 0 Å². The molecule has 1 aliphatic carbocycles. The molecule has 7 nitrogen and oxygen atoms in total. The summed E-state index contributed by atoms with van der Waals surface area (Å²) >= 11 is 11.8. The fourth-order valence-corrected chi connectivity index (χ4v) is 4.52. The number of nitrogens with one attached hydrogen (secondary N) is 1. The lowest BCUT2D eigenvalue weighted by molar-refractivity contribution is 0.0474. The van der Waals surface area contributed by atoms with E-state index in [1.165, 1.54) is 37.4 Å². The summed E-state index contributed by atoms with van der Waals surface area (Å²) in [7, 11) is -2.53. The molecule has 0 atom stereocenters. The van der Waals surface area contributed by atoms with Crippen molar-refractivity contribution in [2.75, 3.05) is 13.7 Å². The van der Waals surface area contributed by atoms with Gasteiger partial charge in [-0.25, -0.2) is 17.9 Å². The lowest BCUT2D eigenvalue weighted by Crippen LogP contribution is -2.26. The highest BCUT2D eigenvalue weighted by atomic mass is 35.5. The van der Waals surface area contributed by atoms with Gasteiger partial charge in [0.05, 0.1) is 17.7 Å². The van der Waals surface area contributed by atoms with Gasteiger partial charge in [0.25, 0.3) is 0 Å². The Morgan fingerprint density at radius 2 is 1.86 bits per heavy atom. The molecule has 1 fully saturated rings. The Kier molecular flexibility index (Phi) is 6.48. The fourth-order valence-electron chi connectivity index (χ4n) is 2.51. The summed E-state index contributed by atoms with van der Waals surface area (Å²) in [5.74, 6) is -1.27. The van der Waals surface area contributed by atoms with Crippen LogP contribution in [0.4, 0.5) is 0 Å². The van der Waals surface area contributed by atoms with Crippen LogP contribution in [-0.4, -0.2) is 39.9 Å². The molecule has 0 unspecified atom stereocenters. The van der Waals surface area contributed by atoms with E-state index in [-0.39, 0.29) is 32.8 Å². The molecule has 10 heteroatoms. The maximum absolute atomic E-state index is 12.5. The van der Waals surface area contributed by atoms with Gasteiger partial charge in [0.15, 0.2) is 6.61 Å². The Morgan fingerprint density at radius 1 is 1.14 bits per heavy atom. The summed E-state index contributed by atoms with van der Waals surface area (Å²) in [6.07, 6.45) is 1.53. The van der Waals surface area contributed by atoms with Crippen molar-refractivity contribution in [2.45, 2.75) is 23.8 Å². The van der Waals surface area contributed by atoms with E-state index in [0.29, 0.717) is 5.02 Å². The highest BCUT2D eigenvalue weighted by molar-refractivity contribution is 7.89. The fraction of sp³-hybridized carbons (Fsp3) is 0.263. The molecule has 29 heavy (non-hydrogen) atoms. The number of methoxy groups -OCH3 is 1. The SMILES string of the molecule is COc1ccc(C(=O)OCC(=O)c2ccc(Cl)cc2Cl)cc1S(=O)(=O)NC1CC1. The van der Waals surface area contributed by atoms with Crippen molar-refractivity contribution in [3.63, 3.8) is 0 Å². The predicted octanol–water partition coefficient (Wildman–Crippen LogP) is 3.48. The average molecular weight is 458 g/mol. The van der Waals surface area contributed by atoms with Crippen molar-refractivity contribution < 1.29 is 27.5 Å². The molecule has 2 aromatic rings. The molecule has 0 saturated heterocycles.